The second kappa shape index (κ2) is 6.26. The molecule has 0 spiro atoms. The summed E-state index contributed by atoms with van der Waals surface area (Å²) in [6.45, 7) is 11.2. The van der Waals surface area contributed by atoms with Gasteiger partial charge >= 0.3 is 0 Å². The Balaban J connectivity index is 2.33. The zero-order valence-electron chi connectivity index (χ0n) is 14.1. The molecule has 0 amide bonds. The number of aryl methyl sites for hydroxylation is 1. The number of rotatable bonds is 2. The van der Waals surface area contributed by atoms with Crippen molar-refractivity contribution >= 4 is 11.4 Å². The molecule has 0 saturated carbocycles. The van der Waals surface area contributed by atoms with Crippen LogP contribution in [0.15, 0.2) is 34.1 Å². The monoisotopic (exact) mass is 332 g/mol. The first-order chi connectivity index (χ1) is 12.0. The van der Waals surface area contributed by atoms with Crippen molar-refractivity contribution in [2.45, 2.75) is 25.8 Å². The van der Waals surface area contributed by atoms with Crippen molar-refractivity contribution in [3.05, 3.63) is 68.4 Å². The normalized spacial score (nSPS) is 18.5. The molecule has 6 heteroatoms. The van der Waals surface area contributed by atoms with E-state index < -0.39 is 12.0 Å². The number of hydrogen-bond acceptors (Lipinski definition) is 4. The van der Waals surface area contributed by atoms with Crippen LogP contribution in [-0.2, 0) is 0 Å². The summed E-state index contributed by atoms with van der Waals surface area (Å²) in [6, 6.07) is 8.33. The van der Waals surface area contributed by atoms with Crippen molar-refractivity contribution < 1.29 is 4.74 Å². The molecule has 3 rings (SSSR count). The number of fused-ring (bicyclic) bond motifs is 1. The lowest BCUT2D eigenvalue weighted by Gasteiger charge is -2.26. The van der Waals surface area contributed by atoms with E-state index >= 15 is 0 Å². The number of benzene rings is 1. The topological polar surface area (TPSA) is 82.6 Å². The molecule has 0 saturated heterocycles. The van der Waals surface area contributed by atoms with Gasteiger partial charge in [0.1, 0.15) is 11.7 Å². The molecule has 1 aromatic heterocycles. The van der Waals surface area contributed by atoms with Crippen molar-refractivity contribution in [3.63, 3.8) is 0 Å². The smallest absolute Gasteiger partial charge is 0.272 e. The van der Waals surface area contributed by atoms with Crippen LogP contribution in [0.1, 0.15) is 35.2 Å². The number of nitrogens with zero attached hydrogens (tertiary/aromatic N) is 3. The number of methoxy groups -OCH3 is 1. The van der Waals surface area contributed by atoms with Crippen LogP contribution in [0.2, 0.25) is 0 Å². The molecular weight excluding hydrogens is 316 g/mol. The van der Waals surface area contributed by atoms with E-state index in [1.54, 1.807) is 32.0 Å². The number of ether oxygens (including phenoxy) is 1. The molecule has 124 valence electrons. The molecule has 0 aliphatic carbocycles. The minimum Gasteiger partial charge on any atom is -0.496 e. The highest BCUT2D eigenvalue weighted by atomic mass is 16.5. The maximum absolute atomic E-state index is 12.6. The summed E-state index contributed by atoms with van der Waals surface area (Å²) in [5.74, 6) is -0.0182. The van der Waals surface area contributed by atoms with E-state index in [2.05, 4.69) is 20.9 Å². The lowest BCUT2D eigenvalue weighted by molar-refractivity contribution is 0.407. The largest absolute Gasteiger partial charge is 0.496 e. The fraction of sp³-hybridized carbons (Fsp3) is 0.263. The summed E-state index contributed by atoms with van der Waals surface area (Å²) in [7, 11) is 1.51. The van der Waals surface area contributed by atoms with Gasteiger partial charge in [0.25, 0.3) is 11.6 Å². The quantitative estimate of drug-likeness (QED) is 0.858. The second-order valence-corrected chi connectivity index (χ2v) is 5.95. The average Bonchev–Trinajstić information content (AvgIpc) is 2.59. The summed E-state index contributed by atoms with van der Waals surface area (Å²) in [5, 5.41) is 9.10. The summed E-state index contributed by atoms with van der Waals surface area (Å²) in [6.07, 6.45) is 0. The van der Waals surface area contributed by atoms with Gasteiger partial charge in [-0.2, -0.15) is 5.26 Å². The van der Waals surface area contributed by atoms with E-state index in [9.17, 15) is 4.79 Å². The van der Waals surface area contributed by atoms with Gasteiger partial charge in [-0.3, -0.25) is 4.79 Å². The summed E-state index contributed by atoms with van der Waals surface area (Å²) >= 11 is 0. The molecule has 2 heterocycles. The number of H-pyrrole nitrogens is 1. The third-order valence-electron chi connectivity index (χ3n) is 4.37. The third-order valence-corrected chi connectivity index (χ3v) is 4.37. The van der Waals surface area contributed by atoms with Gasteiger partial charge in [0, 0.05) is 11.3 Å². The molecule has 2 unspecified atom stereocenters. The van der Waals surface area contributed by atoms with Crippen LogP contribution in [-0.4, -0.2) is 23.8 Å². The van der Waals surface area contributed by atoms with Gasteiger partial charge in [-0.05, 0) is 32.0 Å². The molecular formula is C19H16N4O2. The molecule has 6 nitrogen and oxygen atoms in total. The predicted octanol–water partition coefficient (Wildman–Crippen LogP) is 3.09. The van der Waals surface area contributed by atoms with E-state index in [-0.39, 0.29) is 5.56 Å². The Hall–Kier alpha value is -3.38. The zero-order valence-corrected chi connectivity index (χ0v) is 14.1. The maximum Gasteiger partial charge on any atom is 0.272 e. The lowest BCUT2D eigenvalue weighted by Crippen LogP contribution is -2.32. The van der Waals surface area contributed by atoms with Crippen LogP contribution in [0.4, 0.5) is 5.69 Å². The molecule has 25 heavy (non-hydrogen) atoms. The van der Waals surface area contributed by atoms with Gasteiger partial charge in [0.15, 0.2) is 0 Å². The molecule has 1 aliphatic rings. The fourth-order valence-electron chi connectivity index (χ4n) is 3.26. The van der Waals surface area contributed by atoms with E-state index in [1.165, 1.54) is 7.11 Å². The molecule has 0 fully saturated rings. The Morgan fingerprint density at radius 2 is 2.12 bits per heavy atom. The highest BCUT2D eigenvalue weighted by Crippen LogP contribution is 2.42. The number of nitrogens with one attached hydrogen (secondary N) is 1. The molecule has 0 bridgehead atoms. The van der Waals surface area contributed by atoms with Gasteiger partial charge < -0.3 is 14.6 Å². The van der Waals surface area contributed by atoms with Gasteiger partial charge in [0.05, 0.1) is 35.7 Å². The minimum atomic E-state index is -0.599. The maximum atomic E-state index is 12.6. The number of hydrogen-bond donors (Lipinski definition) is 1. The first-order valence-corrected chi connectivity index (χ1v) is 7.73. The van der Waals surface area contributed by atoms with Crippen LogP contribution in [0.3, 0.4) is 0 Å². The predicted molar refractivity (Wildman–Crippen MR) is 94.5 cm³/mol. The van der Waals surface area contributed by atoms with E-state index in [4.69, 9.17) is 16.6 Å². The summed E-state index contributed by atoms with van der Waals surface area (Å²) < 4.78 is 5.44. The molecule has 1 N–H and O–H groups in total. The van der Waals surface area contributed by atoms with Crippen molar-refractivity contribution in [1.82, 2.24) is 4.98 Å². The number of nitriles is 1. The summed E-state index contributed by atoms with van der Waals surface area (Å²) in [4.78, 5) is 23.6. The Bertz CT molecular complexity index is 1020. The standard InChI is InChI=1S/C19H16N4O2/c1-10-7-14-17(19(24)22-10)16(18(21-3)11(2)23-14)13-6-5-12(9-20)8-15(13)25-4/h5-8,16,18H,1-2,4H3,(H,22,24). The third kappa shape index (κ3) is 2.68. The molecule has 0 radical (unpaired) electrons. The first kappa shape index (κ1) is 16.5. The number of pyridine rings is 1. The molecule has 1 aromatic carbocycles. The number of aliphatic imine (C=N–C) groups is 1. The Kier molecular flexibility index (Phi) is 4.12. The highest BCUT2D eigenvalue weighted by molar-refractivity contribution is 5.95. The SMILES string of the molecule is [C-]#[N+]C1C(C)=Nc2cc(C)[nH]c(=O)c2C1c1ccc(C#N)cc1OC. The second-order valence-electron chi connectivity index (χ2n) is 5.95. The van der Waals surface area contributed by atoms with Gasteiger partial charge in [-0.15, -0.1) is 0 Å². The Labute approximate surface area is 145 Å². The van der Waals surface area contributed by atoms with Crippen LogP contribution in [0.5, 0.6) is 5.75 Å². The number of aromatic amines is 1. The van der Waals surface area contributed by atoms with Crippen molar-refractivity contribution in [2.24, 2.45) is 4.99 Å². The van der Waals surface area contributed by atoms with E-state index in [0.717, 1.165) is 0 Å². The molecule has 1 aliphatic heterocycles. The number of aromatic nitrogens is 1. The van der Waals surface area contributed by atoms with Crippen molar-refractivity contribution in [2.75, 3.05) is 7.11 Å². The zero-order chi connectivity index (χ0) is 18.1. The van der Waals surface area contributed by atoms with Gasteiger partial charge in [-0.1, -0.05) is 6.07 Å². The average molecular weight is 332 g/mol. The van der Waals surface area contributed by atoms with E-state index in [1.807, 2.05) is 6.07 Å². The van der Waals surface area contributed by atoms with Crippen LogP contribution >= 0.6 is 0 Å². The Morgan fingerprint density at radius 1 is 1.36 bits per heavy atom. The molecule has 2 atom stereocenters. The summed E-state index contributed by atoms with van der Waals surface area (Å²) in [5.41, 5.74) is 3.31. The van der Waals surface area contributed by atoms with Crippen molar-refractivity contribution in [3.8, 4) is 11.8 Å². The van der Waals surface area contributed by atoms with Crippen LogP contribution in [0.25, 0.3) is 4.85 Å². The lowest BCUT2D eigenvalue weighted by atomic mass is 9.80. The van der Waals surface area contributed by atoms with Gasteiger partial charge in [0.2, 0.25) is 0 Å². The van der Waals surface area contributed by atoms with Crippen LogP contribution < -0.4 is 10.3 Å². The first-order valence-electron chi connectivity index (χ1n) is 7.73. The van der Waals surface area contributed by atoms with E-state index in [0.29, 0.717) is 39.5 Å². The van der Waals surface area contributed by atoms with Crippen LogP contribution in [0, 0.1) is 24.8 Å². The Morgan fingerprint density at radius 3 is 2.76 bits per heavy atom. The molecule has 2 aromatic rings. The fourth-order valence-corrected chi connectivity index (χ4v) is 3.26. The highest BCUT2D eigenvalue weighted by Gasteiger charge is 2.40. The minimum absolute atomic E-state index is 0.253. The van der Waals surface area contributed by atoms with Gasteiger partial charge in [-0.25, -0.2) is 11.6 Å². The van der Waals surface area contributed by atoms with Crippen molar-refractivity contribution in [1.29, 1.82) is 5.26 Å².